The predicted molar refractivity (Wildman–Crippen MR) is 125 cm³/mol. The molecule has 9 heteroatoms. The summed E-state index contributed by atoms with van der Waals surface area (Å²) < 4.78 is 25.6. The smallest absolute Gasteiger partial charge is 0.253 e. The fourth-order valence-electron chi connectivity index (χ4n) is 3.88. The van der Waals surface area contributed by atoms with Gasteiger partial charge >= 0.3 is 0 Å². The Bertz CT molecular complexity index is 1040. The zero-order chi connectivity index (χ0) is 23.1. The van der Waals surface area contributed by atoms with Gasteiger partial charge in [-0.3, -0.25) is 14.5 Å². The molecule has 1 heterocycles. The van der Waals surface area contributed by atoms with Gasteiger partial charge in [-0.05, 0) is 44.0 Å². The number of benzene rings is 2. The van der Waals surface area contributed by atoms with E-state index >= 15 is 0 Å². The standard InChI is InChI=1S/C23H30N4O4S/c1-17(18-9-4-3-5-10-18)24-23(29)20-12-6-7-13-21(20)25-22(28)16-27-14-8-11-19(15-27)26-32(2,30)31/h3-7,9-10,12-13,17,19,26H,8,11,14-16H2,1-2H3,(H,24,29)(H,25,28). The highest BCUT2D eigenvalue weighted by Gasteiger charge is 2.24. The molecule has 3 rings (SSSR count). The summed E-state index contributed by atoms with van der Waals surface area (Å²) in [4.78, 5) is 27.4. The van der Waals surface area contributed by atoms with Crippen LogP contribution in [-0.4, -0.2) is 57.1 Å². The third-order valence-electron chi connectivity index (χ3n) is 5.35. The van der Waals surface area contributed by atoms with Crippen molar-refractivity contribution in [2.45, 2.75) is 31.8 Å². The molecule has 1 saturated heterocycles. The zero-order valence-electron chi connectivity index (χ0n) is 18.4. The van der Waals surface area contributed by atoms with Crippen molar-refractivity contribution in [1.82, 2.24) is 14.9 Å². The van der Waals surface area contributed by atoms with Gasteiger partial charge in [-0.25, -0.2) is 13.1 Å². The van der Waals surface area contributed by atoms with Gasteiger partial charge in [0.1, 0.15) is 0 Å². The monoisotopic (exact) mass is 458 g/mol. The molecule has 2 aromatic rings. The molecule has 2 aromatic carbocycles. The predicted octanol–water partition coefficient (Wildman–Crippen LogP) is 2.13. The number of hydrogen-bond donors (Lipinski definition) is 3. The highest BCUT2D eigenvalue weighted by molar-refractivity contribution is 7.88. The maximum absolute atomic E-state index is 12.9. The number of likely N-dealkylation sites (tertiary alicyclic amines) is 1. The van der Waals surface area contributed by atoms with Crippen molar-refractivity contribution in [3.05, 3.63) is 65.7 Å². The van der Waals surface area contributed by atoms with Gasteiger partial charge in [-0.15, -0.1) is 0 Å². The largest absolute Gasteiger partial charge is 0.345 e. The van der Waals surface area contributed by atoms with Crippen LogP contribution < -0.4 is 15.4 Å². The van der Waals surface area contributed by atoms with Crippen molar-refractivity contribution in [3.63, 3.8) is 0 Å². The number of nitrogens with zero attached hydrogens (tertiary/aromatic N) is 1. The van der Waals surface area contributed by atoms with Crippen molar-refractivity contribution >= 4 is 27.5 Å². The first-order chi connectivity index (χ1) is 15.2. The Morgan fingerprint density at radius 2 is 1.78 bits per heavy atom. The maximum Gasteiger partial charge on any atom is 0.253 e. The molecule has 0 aromatic heterocycles. The maximum atomic E-state index is 12.9. The van der Waals surface area contributed by atoms with Crippen LogP contribution in [0.5, 0.6) is 0 Å². The molecule has 8 nitrogen and oxygen atoms in total. The molecule has 2 unspecified atom stereocenters. The third kappa shape index (κ3) is 7.15. The molecule has 3 N–H and O–H groups in total. The van der Waals surface area contributed by atoms with E-state index in [0.29, 0.717) is 24.3 Å². The minimum atomic E-state index is -3.29. The van der Waals surface area contributed by atoms with Crippen molar-refractivity contribution in [3.8, 4) is 0 Å². The van der Waals surface area contributed by atoms with Crippen LogP contribution in [0.1, 0.15) is 41.7 Å². The summed E-state index contributed by atoms with van der Waals surface area (Å²) in [6.07, 6.45) is 2.68. The number of hydrogen-bond acceptors (Lipinski definition) is 5. The number of sulfonamides is 1. The van der Waals surface area contributed by atoms with E-state index in [-0.39, 0.29) is 30.4 Å². The summed E-state index contributed by atoms with van der Waals surface area (Å²) in [5.41, 5.74) is 1.82. The second kappa shape index (κ2) is 10.7. The first kappa shape index (κ1) is 23.9. The van der Waals surface area contributed by atoms with Gasteiger partial charge in [0.15, 0.2) is 0 Å². The number of carbonyl (C=O) groups is 2. The molecule has 0 spiro atoms. The molecular weight excluding hydrogens is 428 g/mol. The van der Waals surface area contributed by atoms with E-state index in [1.807, 2.05) is 42.2 Å². The number of rotatable bonds is 8. The lowest BCUT2D eigenvalue weighted by atomic mass is 10.1. The molecular formula is C23H30N4O4S. The molecule has 1 aliphatic heterocycles. The Morgan fingerprint density at radius 1 is 1.09 bits per heavy atom. The van der Waals surface area contributed by atoms with Crippen LogP contribution in [0.2, 0.25) is 0 Å². The van der Waals surface area contributed by atoms with Gasteiger partial charge in [0.2, 0.25) is 15.9 Å². The fourth-order valence-corrected chi connectivity index (χ4v) is 4.68. The Kier molecular flexibility index (Phi) is 8.00. The molecule has 0 aliphatic carbocycles. The van der Waals surface area contributed by atoms with Gasteiger partial charge in [-0.1, -0.05) is 42.5 Å². The van der Waals surface area contributed by atoms with Crippen LogP contribution in [0.3, 0.4) is 0 Å². The van der Waals surface area contributed by atoms with Crippen LogP contribution >= 0.6 is 0 Å². The zero-order valence-corrected chi connectivity index (χ0v) is 19.2. The minimum absolute atomic E-state index is 0.123. The van der Waals surface area contributed by atoms with Gasteiger partial charge in [0.05, 0.1) is 30.1 Å². The quantitative estimate of drug-likeness (QED) is 0.562. The molecule has 32 heavy (non-hydrogen) atoms. The molecule has 1 aliphatic rings. The number of amides is 2. The van der Waals surface area contributed by atoms with Gasteiger partial charge in [0.25, 0.3) is 5.91 Å². The first-order valence-corrected chi connectivity index (χ1v) is 12.5. The highest BCUT2D eigenvalue weighted by atomic mass is 32.2. The molecule has 0 saturated carbocycles. The van der Waals surface area contributed by atoms with Gasteiger partial charge in [-0.2, -0.15) is 0 Å². The lowest BCUT2D eigenvalue weighted by molar-refractivity contribution is -0.117. The lowest BCUT2D eigenvalue weighted by Crippen LogP contribution is -2.49. The SMILES string of the molecule is CC(NC(=O)c1ccccc1NC(=O)CN1CCCC(NS(C)(=O)=O)C1)c1ccccc1. The second-order valence-electron chi connectivity index (χ2n) is 8.16. The first-order valence-electron chi connectivity index (χ1n) is 10.7. The molecule has 1 fully saturated rings. The number of nitrogens with one attached hydrogen (secondary N) is 3. The van der Waals surface area contributed by atoms with E-state index in [2.05, 4.69) is 15.4 Å². The summed E-state index contributed by atoms with van der Waals surface area (Å²) in [6.45, 7) is 3.22. The summed E-state index contributed by atoms with van der Waals surface area (Å²) in [7, 11) is -3.29. The van der Waals surface area contributed by atoms with E-state index in [9.17, 15) is 18.0 Å². The lowest BCUT2D eigenvalue weighted by Gasteiger charge is -2.32. The van der Waals surface area contributed by atoms with Crippen LogP contribution in [0.25, 0.3) is 0 Å². The number of para-hydroxylation sites is 1. The van der Waals surface area contributed by atoms with E-state index in [4.69, 9.17) is 0 Å². The molecule has 172 valence electrons. The van der Waals surface area contributed by atoms with Crippen molar-refractivity contribution < 1.29 is 18.0 Å². The summed E-state index contributed by atoms with van der Waals surface area (Å²) >= 11 is 0. The molecule has 2 amide bonds. The van der Waals surface area contributed by atoms with Crippen molar-refractivity contribution in [2.24, 2.45) is 0 Å². The van der Waals surface area contributed by atoms with Crippen LogP contribution in [0, 0.1) is 0 Å². The van der Waals surface area contributed by atoms with E-state index in [1.54, 1.807) is 24.3 Å². The van der Waals surface area contributed by atoms with Crippen molar-refractivity contribution in [2.75, 3.05) is 31.2 Å². The Morgan fingerprint density at radius 3 is 2.50 bits per heavy atom. The fraction of sp³-hybridized carbons (Fsp3) is 0.391. The Balaban J connectivity index is 1.60. The summed E-state index contributed by atoms with van der Waals surface area (Å²) in [5.74, 6) is -0.519. The van der Waals surface area contributed by atoms with Crippen LogP contribution in [-0.2, 0) is 14.8 Å². The van der Waals surface area contributed by atoms with E-state index < -0.39 is 10.0 Å². The number of piperidine rings is 1. The van der Waals surface area contributed by atoms with Gasteiger partial charge < -0.3 is 10.6 Å². The Labute approximate surface area is 189 Å². The number of carbonyl (C=O) groups excluding carboxylic acids is 2. The number of anilines is 1. The average molecular weight is 459 g/mol. The summed E-state index contributed by atoms with van der Waals surface area (Å²) in [5, 5.41) is 5.80. The topological polar surface area (TPSA) is 108 Å². The average Bonchev–Trinajstić information content (AvgIpc) is 2.73. The Hall–Kier alpha value is -2.75. The molecule has 2 atom stereocenters. The van der Waals surface area contributed by atoms with E-state index in [1.165, 1.54) is 0 Å². The van der Waals surface area contributed by atoms with Crippen molar-refractivity contribution in [1.29, 1.82) is 0 Å². The van der Waals surface area contributed by atoms with Crippen LogP contribution in [0.4, 0.5) is 5.69 Å². The third-order valence-corrected chi connectivity index (χ3v) is 6.11. The normalized spacial score (nSPS) is 18.0. The molecule has 0 radical (unpaired) electrons. The van der Waals surface area contributed by atoms with E-state index in [0.717, 1.165) is 24.7 Å². The van der Waals surface area contributed by atoms with Crippen LogP contribution in [0.15, 0.2) is 54.6 Å². The minimum Gasteiger partial charge on any atom is -0.345 e. The summed E-state index contributed by atoms with van der Waals surface area (Å²) in [6, 6.07) is 16.2. The van der Waals surface area contributed by atoms with Gasteiger partial charge in [0, 0.05) is 12.6 Å². The highest BCUT2D eigenvalue weighted by Crippen LogP contribution is 2.18. The second-order valence-corrected chi connectivity index (χ2v) is 9.94. The molecule has 0 bridgehead atoms.